The number of nitrogens with two attached hydrogens (primary N) is 1. The molecular formula is C10H15BrN2O2S3. The van der Waals surface area contributed by atoms with E-state index in [9.17, 15) is 8.42 Å². The lowest BCUT2D eigenvalue weighted by molar-refractivity contribution is 0.363. The summed E-state index contributed by atoms with van der Waals surface area (Å²) in [7, 11) is -3.47. The fraction of sp³-hybridized carbons (Fsp3) is 0.500. The molecule has 2 N–H and O–H groups in total. The first-order valence-electron chi connectivity index (χ1n) is 5.30. The van der Waals surface area contributed by atoms with Gasteiger partial charge in [0, 0.05) is 19.0 Å². The van der Waals surface area contributed by atoms with Crippen molar-refractivity contribution in [3.8, 4) is 0 Å². The summed E-state index contributed by atoms with van der Waals surface area (Å²) in [5.74, 6) is 0. The monoisotopic (exact) mass is 370 g/mol. The van der Waals surface area contributed by atoms with Crippen LogP contribution in [0.2, 0.25) is 0 Å². The zero-order valence-electron chi connectivity index (χ0n) is 10.1. The highest BCUT2D eigenvalue weighted by Crippen LogP contribution is 2.29. The summed E-state index contributed by atoms with van der Waals surface area (Å²) in [6.07, 6.45) is 0.388. The SMILES string of the molecule is CC(C)N(CCC(N)=S)S(=O)(=O)c1ccc(Br)s1. The number of nitrogens with zero attached hydrogens (tertiary/aromatic N) is 1. The molecule has 0 fully saturated rings. The van der Waals surface area contributed by atoms with E-state index in [1.165, 1.54) is 15.6 Å². The van der Waals surface area contributed by atoms with Gasteiger partial charge in [-0.3, -0.25) is 0 Å². The van der Waals surface area contributed by atoms with Gasteiger partial charge in [0.1, 0.15) is 4.21 Å². The molecule has 0 aliphatic carbocycles. The first-order chi connectivity index (χ1) is 8.25. The van der Waals surface area contributed by atoms with Gasteiger partial charge in [-0.15, -0.1) is 11.3 Å². The van der Waals surface area contributed by atoms with E-state index in [-0.39, 0.29) is 6.04 Å². The summed E-state index contributed by atoms with van der Waals surface area (Å²) in [4.78, 5) is 0.322. The minimum atomic E-state index is -3.47. The fourth-order valence-corrected chi connectivity index (χ4v) is 5.30. The third-order valence-electron chi connectivity index (χ3n) is 2.27. The Kier molecular flexibility index (Phi) is 5.72. The average Bonchev–Trinajstić information content (AvgIpc) is 2.64. The quantitative estimate of drug-likeness (QED) is 0.781. The summed E-state index contributed by atoms with van der Waals surface area (Å²) in [5.41, 5.74) is 5.43. The van der Waals surface area contributed by atoms with Crippen molar-refractivity contribution in [1.29, 1.82) is 0 Å². The van der Waals surface area contributed by atoms with E-state index < -0.39 is 10.0 Å². The molecule has 0 atom stereocenters. The van der Waals surface area contributed by atoms with Gasteiger partial charge in [0.05, 0.1) is 8.77 Å². The molecule has 0 spiro atoms. The van der Waals surface area contributed by atoms with Crippen molar-refractivity contribution in [2.45, 2.75) is 30.5 Å². The normalized spacial score (nSPS) is 12.3. The van der Waals surface area contributed by atoms with E-state index in [1.807, 2.05) is 13.8 Å². The Labute approximate surface area is 125 Å². The zero-order chi connectivity index (χ0) is 13.9. The maximum Gasteiger partial charge on any atom is 0.252 e. The van der Waals surface area contributed by atoms with Crippen LogP contribution in [-0.4, -0.2) is 30.3 Å². The van der Waals surface area contributed by atoms with Crippen LogP contribution in [0, 0.1) is 0 Å². The average molecular weight is 371 g/mol. The molecule has 18 heavy (non-hydrogen) atoms. The number of halogens is 1. The van der Waals surface area contributed by atoms with Crippen LogP contribution in [0.5, 0.6) is 0 Å². The second kappa shape index (κ2) is 6.42. The van der Waals surface area contributed by atoms with Crippen LogP contribution in [0.1, 0.15) is 20.3 Å². The van der Waals surface area contributed by atoms with E-state index in [0.29, 0.717) is 22.2 Å². The Morgan fingerprint density at radius 2 is 2.17 bits per heavy atom. The second-order valence-electron chi connectivity index (χ2n) is 3.98. The number of rotatable bonds is 6. The van der Waals surface area contributed by atoms with Crippen LogP contribution >= 0.6 is 39.5 Å². The molecule has 0 aromatic carbocycles. The molecule has 0 saturated carbocycles. The van der Waals surface area contributed by atoms with Crippen LogP contribution in [0.15, 0.2) is 20.1 Å². The third kappa shape index (κ3) is 3.99. The molecule has 0 radical (unpaired) electrons. The molecular weight excluding hydrogens is 356 g/mol. The molecule has 0 bridgehead atoms. The number of hydrogen-bond acceptors (Lipinski definition) is 4. The van der Waals surface area contributed by atoms with E-state index in [2.05, 4.69) is 15.9 Å². The molecule has 102 valence electrons. The fourth-order valence-electron chi connectivity index (χ4n) is 1.43. The summed E-state index contributed by atoms with van der Waals surface area (Å²) in [6, 6.07) is 3.19. The standard InChI is InChI=1S/C10H15BrN2O2S3/c1-7(2)13(6-5-9(12)16)18(14,15)10-4-3-8(11)17-10/h3-4,7H,5-6H2,1-2H3,(H2,12,16). The van der Waals surface area contributed by atoms with Crippen molar-refractivity contribution in [2.75, 3.05) is 6.54 Å². The molecule has 1 rings (SSSR count). The van der Waals surface area contributed by atoms with Crippen LogP contribution in [0.4, 0.5) is 0 Å². The summed E-state index contributed by atoms with van der Waals surface area (Å²) < 4.78 is 27.4. The molecule has 0 amide bonds. The van der Waals surface area contributed by atoms with Gasteiger partial charge in [-0.05, 0) is 41.9 Å². The van der Waals surface area contributed by atoms with Gasteiger partial charge in [0.25, 0.3) is 10.0 Å². The van der Waals surface area contributed by atoms with E-state index in [0.717, 1.165) is 3.79 Å². The smallest absolute Gasteiger partial charge is 0.252 e. The van der Waals surface area contributed by atoms with Gasteiger partial charge in [-0.25, -0.2) is 8.42 Å². The minimum Gasteiger partial charge on any atom is -0.393 e. The second-order valence-corrected chi connectivity index (χ2v) is 9.09. The number of thiophene rings is 1. The zero-order valence-corrected chi connectivity index (χ0v) is 14.1. The van der Waals surface area contributed by atoms with Crippen molar-refractivity contribution < 1.29 is 8.42 Å². The van der Waals surface area contributed by atoms with E-state index in [1.54, 1.807) is 12.1 Å². The van der Waals surface area contributed by atoms with Crippen molar-refractivity contribution in [3.63, 3.8) is 0 Å². The lowest BCUT2D eigenvalue weighted by atomic mass is 10.3. The van der Waals surface area contributed by atoms with Crippen LogP contribution in [0.25, 0.3) is 0 Å². The molecule has 0 unspecified atom stereocenters. The Balaban J connectivity index is 3.01. The van der Waals surface area contributed by atoms with Gasteiger partial charge >= 0.3 is 0 Å². The summed E-state index contributed by atoms with van der Waals surface area (Å²) in [6.45, 7) is 3.98. The lowest BCUT2D eigenvalue weighted by Crippen LogP contribution is -2.38. The minimum absolute atomic E-state index is 0.134. The molecule has 1 aromatic heterocycles. The van der Waals surface area contributed by atoms with Gasteiger partial charge < -0.3 is 5.73 Å². The molecule has 1 aromatic rings. The molecule has 1 heterocycles. The maximum atomic E-state index is 12.4. The Morgan fingerprint density at radius 3 is 2.56 bits per heavy atom. The van der Waals surface area contributed by atoms with Crippen LogP contribution in [0.3, 0.4) is 0 Å². The first-order valence-corrected chi connectivity index (χ1v) is 8.76. The topological polar surface area (TPSA) is 63.4 Å². The highest BCUT2D eigenvalue weighted by molar-refractivity contribution is 9.11. The predicted molar refractivity (Wildman–Crippen MR) is 82.4 cm³/mol. The summed E-state index contributed by atoms with van der Waals surface area (Å²) in [5, 5.41) is 0. The number of hydrogen-bond donors (Lipinski definition) is 1. The predicted octanol–water partition coefficient (Wildman–Crippen LogP) is 2.59. The highest BCUT2D eigenvalue weighted by atomic mass is 79.9. The van der Waals surface area contributed by atoms with Crippen LogP contribution < -0.4 is 5.73 Å². The molecule has 0 aliphatic heterocycles. The lowest BCUT2D eigenvalue weighted by Gasteiger charge is -2.24. The van der Waals surface area contributed by atoms with Crippen molar-refractivity contribution in [2.24, 2.45) is 5.73 Å². The van der Waals surface area contributed by atoms with Crippen molar-refractivity contribution >= 4 is 54.5 Å². The largest absolute Gasteiger partial charge is 0.393 e. The Bertz CT molecular complexity index is 525. The molecule has 0 saturated heterocycles. The number of sulfonamides is 1. The van der Waals surface area contributed by atoms with Gasteiger partial charge in [-0.2, -0.15) is 4.31 Å². The van der Waals surface area contributed by atoms with Gasteiger partial charge in [0.15, 0.2) is 0 Å². The van der Waals surface area contributed by atoms with Crippen molar-refractivity contribution in [1.82, 2.24) is 4.31 Å². The molecule has 8 heteroatoms. The van der Waals surface area contributed by atoms with E-state index in [4.69, 9.17) is 18.0 Å². The Morgan fingerprint density at radius 1 is 1.56 bits per heavy atom. The van der Waals surface area contributed by atoms with Gasteiger partial charge in [0.2, 0.25) is 0 Å². The third-order valence-corrected chi connectivity index (χ3v) is 6.64. The van der Waals surface area contributed by atoms with Gasteiger partial charge in [-0.1, -0.05) is 12.2 Å². The van der Waals surface area contributed by atoms with Crippen molar-refractivity contribution in [3.05, 3.63) is 15.9 Å². The highest BCUT2D eigenvalue weighted by Gasteiger charge is 2.28. The molecule has 0 aliphatic rings. The first kappa shape index (κ1) is 16.0. The maximum absolute atomic E-state index is 12.4. The van der Waals surface area contributed by atoms with E-state index >= 15 is 0 Å². The van der Waals surface area contributed by atoms with Crippen LogP contribution in [-0.2, 0) is 10.0 Å². The molecule has 4 nitrogen and oxygen atoms in total. The number of thiocarbonyl (C=S) groups is 1. The Hall–Kier alpha value is -0.0200. The summed E-state index contributed by atoms with van der Waals surface area (Å²) >= 11 is 9.26.